The van der Waals surface area contributed by atoms with E-state index in [1.165, 1.54) is 11.1 Å². The maximum Gasteiger partial charge on any atom is 0.303 e. The second-order valence-corrected chi connectivity index (χ2v) is 8.42. The van der Waals surface area contributed by atoms with Gasteiger partial charge in [0.15, 0.2) is 0 Å². The number of carboxylic acids is 1. The van der Waals surface area contributed by atoms with E-state index < -0.39 is 5.97 Å². The van der Waals surface area contributed by atoms with Crippen molar-refractivity contribution in [3.8, 4) is 5.75 Å². The molecular weight excluding hydrogens is 396 g/mol. The quantitative estimate of drug-likeness (QED) is 0.585. The molecule has 162 valence electrons. The van der Waals surface area contributed by atoms with Crippen LogP contribution >= 0.6 is 12.6 Å². The van der Waals surface area contributed by atoms with Crippen molar-refractivity contribution in [3.63, 3.8) is 0 Å². The molecule has 2 aromatic rings. The molecule has 30 heavy (non-hydrogen) atoms. The molecule has 0 aromatic heterocycles. The predicted molar refractivity (Wildman–Crippen MR) is 123 cm³/mol. The topological polar surface area (TPSA) is 61.8 Å². The summed E-state index contributed by atoms with van der Waals surface area (Å²) < 4.78 is 5.28. The van der Waals surface area contributed by atoms with Gasteiger partial charge in [-0.2, -0.15) is 12.6 Å². The van der Waals surface area contributed by atoms with Crippen molar-refractivity contribution in [1.82, 2.24) is 10.2 Å². The summed E-state index contributed by atoms with van der Waals surface area (Å²) in [7, 11) is 1.71. The molecule has 5 nitrogen and oxygen atoms in total. The Hall–Kier alpha value is -2.02. The van der Waals surface area contributed by atoms with Crippen LogP contribution in [0.2, 0.25) is 0 Å². The summed E-state index contributed by atoms with van der Waals surface area (Å²) in [6, 6.07) is 19.5. The molecule has 1 heterocycles. The van der Waals surface area contributed by atoms with Crippen molar-refractivity contribution in [3.05, 3.63) is 65.7 Å². The molecule has 4 rings (SSSR count). The first-order valence-corrected chi connectivity index (χ1v) is 11.2. The number of carbonyl (C=O) groups is 1. The third-order valence-corrected chi connectivity index (χ3v) is 6.55. The second kappa shape index (κ2) is 10.8. The van der Waals surface area contributed by atoms with E-state index in [2.05, 4.69) is 65.3 Å². The van der Waals surface area contributed by atoms with Gasteiger partial charge in [0.2, 0.25) is 0 Å². The molecule has 1 saturated heterocycles. The van der Waals surface area contributed by atoms with E-state index in [-0.39, 0.29) is 5.41 Å². The molecule has 1 unspecified atom stereocenters. The first-order valence-electron chi connectivity index (χ1n) is 10.5. The minimum atomic E-state index is -0.693. The Labute approximate surface area is 184 Å². The number of hydrogen-bond acceptors (Lipinski definition) is 5. The molecule has 0 bridgehead atoms. The lowest BCUT2D eigenvalue weighted by Crippen LogP contribution is -2.45. The maximum atomic E-state index is 10.2. The van der Waals surface area contributed by atoms with Crippen LogP contribution in [0.25, 0.3) is 0 Å². The molecule has 0 radical (unpaired) electrons. The first-order chi connectivity index (χ1) is 14.6. The van der Waals surface area contributed by atoms with Gasteiger partial charge in [-0.1, -0.05) is 42.5 Å². The highest BCUT2D eigenvalue weighted by Gasteiger charge is 2.42. The number of piperazine rings is 1. The smallest absolute Gasteiger partial charge is 0.303 e. The van der Waals surface area contributed by atoms with Crippen LogP contribution in [0, 0.1) is 5.41 Å². The van der Waals surface area contributed by atoms with Gasteiger partial charge in [0, 0.05) is 26.2 Å². The number of thiol groups is 1. The summed E-state index contributed by atoms with van der Waals surface area (Å²) in [4.78, 5) is 12.7. The Kier molecular flexibility index (Phi) is 8.19. The van der Waals surface area contributed by atoms with Gasteiger partial charge in [-0.3, -0.25) is 9.69 Å². The highest BCUT2D eigenvalue weighted by Crippen LogP contribution is 2.49. The lowest BCUT2D eigenvalue weighted by atomic mass is 9.96. The van der Waals surface area contributed by atoms with Crippen LogP contribution in [0.3, 0.4) is 0 Å². The average molecular weight is 429 g/mol. The highest BCUT2D eigenvalue weighted by molar-refractivity contribution is 7.80. The summed E-state index contributed by atoms with van der Waals surface area (Å²) in [6.45, 7) is 4.26. The lowest BCUT2D eigenvalue weighted by molar-refractivity contribution is -0.138. The van der Waals surface area contributed by atoms with Gasteiger partial charge in [0.1, 0.15) is 5.75 Å². The number of aliphatic carboxylic acids is 1. The molecule has 2 N–H and O–H groups in total. The predicted octanol–water partition coefficient (Wildman–Crippen LogP) is 3.86. The average Bonchev–Trinajstić information content (AvgIpc) is 3.56. The third kappa shape index (κ3) is 6.24. The van der Waals surface area contributed by atoms with Crippen molar-refractivity contribution >= 4 is 18.6 Å². The summed E-state index contributed by atoms with van der Waals surface area (Å²) in [6.07, 6.45) is 2.39. The van der Waals surface area contributed by atoms with Crippen molar-refractivity contribution in [2.24, 2.45) is 5.41 Å². The fraction of sp³-hybridized carbons (Fsp3) is 0.458. The number of benzene rings is 2. The van der Waals surface area contributed by atoms with Crippen LogP contribution in [-0.4, -0.2) is 55.0 Å². The summed E-state index contributed by atoms with van der Waals surface area (Å²) in [5, 5.41) is 11.8. The minimum absolute atomic E-state index is 0.0783. The maximum absolute atomic E-state index is 10.2. The molecule has 2 aromatic carbocycles. The van der Waals surface area contributed by atoms with Crippen molar-refractivity contribution in [2.45, 2.75) is 25.3 Å². The molecule has 0 spiro atoms. The molecule has 2 fully saturated rings. The Balaban J connectivity index is 0.000000239. The largest absolute Gasteiger partial charge is 0.497 e. The number of nitrogens with one attached hydrogen (secondary N) is 1. The zero-order valence-corrected chi connectivity index (χ0v) is 18.5. The van der Waals surface area contributed by atoms with Gasteiger partial charge in [-0.25, -0.2) is 0 Å². The van der Waals surface area contributed by atoms with Crippen LogP contribution in [0.15, 0.2) is 54.6 Å². The number of hydrogen-bond donors (Lipinski definition) is 3. The minimum Gasteiger partial charge on any atom is -0.497 e. The van der Waals surface area contributed by atoms with Crippen molar-refractivity contribution in [1.29, 1.82) is 0 Å². The summed E-state index contributed by atoms with van der Waals surface area (Å²) in [5.74, 6) is 0.937. The number of methoxy groups -OCH3 is 1. The molecule has 2 aliphatic rings. The van der Waals surface area contributed by atoms with E-state index in [0.29, 0.717) is 12.5 Å². The van der Waals surface area contributed by atoms with Gasteiger partial charge in [-0.05, 0) is 47.3 Å². The second-order valence-electron chi connectivity index (χ2n) is 8.10. The molecule has 1 aliphatic carbocycles. The van der Waals surface area contributed by atoms with E-state index >= 15 is 0 Å². The SMILES string of the molecule is COc1ccc(C(c2ccccc2)N2CCNCC2)cc1.O=C(O)CC1(CS)CC1. The standard InChI is InChI=1S/C18H22N2O.C6H10O2S/c1-21-17-9-7-16(8-10-17)18(15-5-3-2-4-6-15)20-13-11-19-12-14-20;7-5(8)3-6(4-9)1-2-6/h2-10,18-19H,11-14H2,1H3;9H,1-4H2,(H,7,8). The summed E-state index contributed by atoms with van der Waals surface area (Å²) in [5.41, 5.74) is 2.75. The van der Waals surface area contributed by atoms with E-state index in [9.17, 15) is 4.79 Å². The van der Waals surface area contributed by atoms with Crippen molar-refractivity contribution < 1.29 is 14.6 Å². The number of ether oxygens (including phenoxy) is 1. The lowest BCUT2D eigenvalue weighted by Gasteiger charge is -2.35. The van der Waals surface area contributed by atoms with Crippen LogP contribution in [0.1, 0.15) is 36.4 Å². The van der Waals surface area contributed by atoms with Gasteiger partial charge >= 0.3 is 5.97 Å². The first kappa shape index (κ1) is 22.7. The normalized spacial score (nSPS) is 18.6. The number of nitrogens with zero attached hydrogens (tertiary/aromatic N) is 1. The van der Waals surface area contributed by atoms with Gasteiger partial charge < -0.3 is 15.2 Å². The fourth-order valence-corrected chi connectivity index (χ4v) is 4.29. The molecule has 1 atom stereocenters. The van der Waals surface area contributed by atoms with Crippen LogP contribution in [0.4, 0.5) is 0 Å². The van der Waals surface area contributed by atoms with Crippen LogP contribution < -0.4 is 10.1 Å². The van der Waals surface area contributed by atoms with Crippen LogP contribution in [-0.2, 0) is 4.79 Å². The van der Waals surface area contributed by atoms with Gasteiger partial charge in [0.25, 0.3) is 0 Å². The molecular formula is C24H32N2O3S. The molecule has 0 amide bonds. The zero-order valence-electron chi connectivity index (χ0n) is 17.6. The zero-order chi connectivity index (χ0) is 21.4. The van der Waals surface area contributed by atoms with E-state index in [0.717, 1.165) is 50.5 Å². The highest BCUT2D eigenvalue weighted by atomic mass is 32.1. The molecule has 6 heteroatoms. The fourth-order valence-electron chi connectivity index (χ4n) is 3.86. The van der Waals surface area contributed by atoms with Crippen LogP contribution in [0.5, 0.6) is 5.75 Å². The Bertz CT molecular complexity index is 788. The van der Waals surface area contributed by atoms with E-state index in [1.54, 1.807) is 7.11 Å². The Morgan fingerprint density at radius 1 is 1.10 bits per heavy atom. The van der Waals surface area contributed by atoms with E-state index in [1.807, 2.05) is 12.1 Å². The number of rotatable bonds is 7. The van der Waals surface area contributed by atoms with Gasteiger partial charge in [0.05, 0.1) is 19.6 Å². The van der Waals surface area contributed by atoms with Gasteiger partial charge in [-0.15, -0.1) is 0 Å². The third-order valence-electron chi connectivity index (χ3n) is 5.88. The Morgan fingerprint density at radius 3 is 2.17 bits per heavy atom. The molecule has 1 aliphatic heterocycles. The van der Waals surface area contributed by atoms with E-state index in [4.69, 9.17) is 9.84 Å². The summed E-state index contributed by atoms with van der Waals surface area (Å²) >= 11 is 4.07. The monoisotopic (exact) mass is 428 g/mol. The Morgan fingerprint density at radius 2 is 1.70 bits per heavy atom. The molecule has 1 saturated carbocycles. The van der Waals surface area contributed by atoms with Crippen molar-refractivity contribution in [2.75, 3.05) is 39.0 Å². The number of carboxylic acid groups (broad SMARTS) is 1.